The normalized spacial score (nSPS) is 44.0. The zero-order chi connectivity index (χ0) is 14.4. The lowest BCUT2D eigenvalue weighted by Gasteiger charge is -2.56. The first-order chi connectivity index (χ1) is 10.1. The zero-order valence-electron chi connectivity index (χ0n) is 13.7. The molecule has 21 heavy (non-hydrogen) atoms. The predicted molar refractivity (Wildman–Crippen MR) is 83.9 cm³/mol. The van der Waals surface area contributed by atoms with E-state index in [1.165, 1.54) is 70.6 Å². The summed E-state index contributed by atoms with van der Waals surface area (Å²) in [6, 6.07) is 0.941. The van der Waals surface area contributed by atoms with Crippen LogP contribution in [0.25, 0.3) is 0 Å². The van der Waals surface area contributed by atoms with Crippen molar-refractivity contribution in [3.63, 3.8) is 0 Å². The maximum atomic E-state index is 13.2. The lowest BCUT2D eigenvalue weighted by Crippen LogP contribution is -2.96. The van der Waals surface area contributed by atoms with Crippen LogP contribution in [0, 0.1) is 23.2 Å². The smallest absolute Gasteiger partial charge is 0.195 e. The van der Waals surface area contributed by atoms with Gasteiger partial charge in [0.25, 0.3) is 0 Å². The minimum atomic E-state index is 0.110. The average Bonchev–Trinajstić information content (AvgIpc) is 2.46. The molecule has 0 aromatic rings. The molecule has 5 fully saturated rings. The average molecular weight is 290 g/mol. The summed E-state index contributed by atoms with van der Waals surface area (Å²) in [6.45, 7) is 2.20. The van der Waals surface area contributed by atoms with Crippen molar-refractivity contribution >= 4 is 5.78 Å². The second kappa shape index (κ2) is 5.37. The molecule has 4 bridgehead atoms. The van der Waals surface area contributed by atoms with Crippen LogP contribution in [0.5, 0.6) is 0 Å². The van der Waals surface area contributed by atoms with Gasteiger partial charge in [-0.15, -0.1) is 0 Å². The standard InChI is InChI=1S/C19H31NO/c1-13(20-17-5-3-2-4-6-17)18(21)19-10-14-7-15(11-19)9-16(8-14)12-19/h13-17,20H,2-12H2,1H3/p+1/t13-,14?,15?,16?,19?/m1/s1. The number of quaternary nitrogens is 1. The second-order valence-electron chi connectivity index (χ2n) is 8.94. The third-order valence-electron chi connectivity index (χ3n) is 7.19. The minimum absolute atomic E-state index is 0.110. The lowest BCUT2D eigenvalue weighted by atomic mass is 9.48. The molecule has 2 N–H and O–H groups in total. The summed E-state index contributed by atoms with van der Waals surface area (Å²) < 4.78 is 0. The molecule has 5 rings (SSSR count). The summed E-state index contributed by atoms with van der Waals surface area (Å²) in [5, 5.41) is 2.44. The number of Topliss-reactive ketones (excluding diaryl/α,β-unsaturated/α-hetero) is 1. The van der Waals surface area contributed by atoms with E-state index in [-0.39, 0.29) is 11.5 Å². The quantitative estimate of drug-likeness (QED) is 0.848. The van der Waals surface area contributed by atoms with Crippen molar-refractivity contribution in [2.45, 2.75) is 89.6 Å². The molecule has 0 aromatic carbocycles. The topological polar surface area (TPSA) is 33.7 Å². The van der Waals surface area contributed by atoms with E-state index in [1.54, 1.807) is 0 Å². The van der Waals surface area contributed by atoms with Gasteiger partial charge in [0.05, 0.1) is 6.04 Å². The SMILES string of the molecule is C[C@@H]([NH2+]C1CCCCC1)C(=O)C12CC3CC(CC(C3)C1)C2. The van der Waals surface area contributed by atoms with Gasteiger partial charge in [0, 0.05) is 5.41 Å². The number of rotatable bonds is 4. The highest BCUT2D eigenvalue weighted by atomic mass is 16.1. The predicted octanol–water partition coefficient (Wildman–Crippen LogP) is 3.06. The Morgan fingerprint density at radius 1 is 0.952 bits per heavy atom. The van der Waals surface area contributed by atoms with Crippen LogP contribution >= 0.6 is 0 Å². The fourth-order valence-corrected chi connectivity index (χ4v) is 6.72. The number of ketones is 1. The van der Waals surface area contributed by atoms with Crippen LogP contribution in [0.15, 0.2) is 0 Å². The van der Waals surface area contributed by atoms with E-state index < -0.39 is 0 Å². The van der Waals surface area contributed by atoms with Crippen molar-refractivity contribution in [3.05, 3.63) is 0 Å². The van der Waals surface area contributed by atoms with Gasteiger partial charge < -0.3 is 5.32 Å². The van der Waals surface area contributed by atoms with Crippen LogP contribution in [-0.4, -0.2) is 17.9 Å². The highest BCUT2D eigenvalue weighted by molar-refractivity contribution is 5.88. The Morgan fingerprint density at radius 2 is 1.48 bits per heavy atom. The van der Waals surface area contributed by atoms with Crippen molar-refractivity contribution < 1.29 is 10.1 Å². The Bertz CT molecular complexity index is 375. The molecule has 2 nitrogen and oxygen atoms in total. The summed E-state index contributed by atoms with van der Waals surface area (Å²) in [7, 11) is 0. The fourth-order valence-electron chi connectivity index (χ4n) is 6.72. The van der Waals surface area contributed by atoms with Crippen LogP contribution < -0.4 is 5.32 Å². The van der Waals surface area contributed by atoms with Gasteiger partial charge in [-0.05, 0) is 88.9 Å². The molecule has 5 aliphatic rings. The molecular weight excluding hydrogens is 258 g/mol. The Kier molecular flexibility index (Phi) is 3.64. The van der Waals surface area contributed by atoms with Gasteiger partial charge in [0.15, 0.2) is 5.78 Å². The summed E-state index contributed by atoms with van der Waals surface area (Å²) >= 11 is 0. The Labute approximate surface area is 129 Å². The molecule has 0 heterocycles. The molecule has 5 aliphatic carbocycles. The Hall–Kier alpha value is -0.370. The molecule has 118 valence electrons. The molecule has 0 aliphatic heterocycles. The number of carbonyl (C=O) groups is 1. The highest BCUT2D eigenvalue weighted by Gasteiger charge is 2.55. The minimum Gasteiger partial charge on any atom is -0.335 e. The van der Waals surface area contributed by atoms with Crippen molar-refractivity contribution in [2.75, 3.05) is 0 Å². The largest absolute Gasteiger partial charge is 0.335 e. The molecular formula is C19H32NO+. The molecule has 5 saturated carbocycles. The van der Waals surface area contributed by atoms with E-state index in [4.69, 9.17) is 0 Å². The van der Waals surface area contributed by atoms with Crippen molar-refractivity contribution in [2.24, 2.45) is 23.2 Å². The first kappa shape index (κ1) is 14.2. The van der Waals surface area contributed by atoms with Crippen molar-refractivity contribution in [1.82, 2.24) is 0 Å². The molecule has 0 radical (unpaired) electrons. The molecule has 0 amide bonds. The van der Waals surface area contributed by atoms with Gasteiger partial charge in [-0.3, -0.25) is 4.79 Å². The van der Waals surface area contributed by atoms with Crippen LogP contribution in [0.3, 0.4) is 0 Å². The molecule has 0 aromatic heterocycles. The number of carbonyl (C=O) groups excluding carboxylic acids is 1. The number of hydrogen-bond donors (Lipinski definition) is 1. The number of hydrogen-bond acceptors (Lipinski definition) is 1. The van der Waals surface area contributed by atoms with E-state index in [9.17, 15) is 4.79 Å². The van der Waals surface area contributed by atoms with Gasteiger partial charge in [-0.25, -0.2) is 0 Å². The zero-order valence-corrected chi connectivity index (χ0v) is 13.7. The van der Waals surface area contributed by atoms with Gasteiger partial charge in [-0.2, -0.15) is 0 Å². The van der Waals surface area contributed by atoms with E-state index in [0.29, 0.717) is 5.78 Å². The summed E-state index contributed by atoms with van der Waals surface area (Å²) in [5.74, 6) is 3.30. The monoisotopic (exact) mass is 290 g/mol. The van der Waals surface area contributed by atoms with Crippen LogP contribution in [0.1, 0.15) is 77.6 Å². The van der Waals surface area contributed by atoms with Gasteiger partial charge in [0.2, 0.25) is 0 Å². The van der Waals surface area contributed by atoms with Crippen LogP contribution in [0.4, 0.5) is 0 Å². The van der Waals surface area contributed by atoms with Crippen molar-refractivity contribution in [1.29, 1.82) is 0 Å². The van der Waals surface area contributed by atoms with E-state index in [0.717, 1.165) is 23.8 Å². The molecule has 1 atom stereocenters. The van der Waals surface area contributed by atoms with Crippen LogP contribution in [0.2, 0.25) is 0 Å². The third kappa shape index (κ3) is 2.58. The maximum Gasteiger partial charge on any atom is 0.195 e. The van der Waals surface area contributed by atoms with E-state index in [1.807, 2.05) is 0 Å². The number of nitrogens with two attached hydrogens (primary N) is 1. The van der Waals surface area contributed by atoms with Crippen LogP contribution in [-0.2, 0) is 4.79 Å². The van der Waals surface area contributed by atoms with Gasteiger partial charge >= 0.3 is 0 Å². The maximum absolute atomic E-state index is 13.2. The molecule has 0 saturated heterocycles. The van der Waals surface area contributed by atoms with Gasteiger partial charge in [-0.1, -0.05) is 6.42 Å². The first-order valence-electron chi connectivity index (χ1n) is 9.54. The Balaban J connectivity index is 1.44. The first-order valence-corrected chi connectivity index (χ1v) is 9.54. The van der Waals surface area contributed by atoms with Gasteiger partial charge in [0.1, 0.15) is 6.04 Å². The fraction of sp³-hybridized carbons (Fsp3) is 0.947. The summed E-state index contributed by atoms with van der Waals surface area (Å²) in [6.07, 6.45) is 14.8. The third-order valence-corrected chi connectivity index (χ3v) is 7.19. The second-order valence-corrected chi connectivity index (χ2v) is 8.94. The molecule has 2 heteroatoms. The van der Waals surface area contributed by atoms with Crippen molar-refractivity contribution in [3.8, 4) is 0 Å². The molecule has 0 unspecified atom stereocenters. The summed E-state index contributed by atoms with van der Waals surface area (Å²) in [5.41, 5.74) is 0.110. The molecule has 0 spiro atoms. The Morgan fingerprint density at radius 3 is 2.00 bits per heavy atom. The lowest BCUT2D eigenvalue weighted by molar-refractivity contribution is -0.709. The highest BCUT2D eigenvalue weighted by Crippen LogP contribution is 2.60. The summed E-state index contributed by atoms with van der Waals surface area (Å²) in [4.78, 5) is 13.2. The van der Waals surface area contributed by atoms with E-state index >= 15 is 0 Å². The van der Waals surface area contributed by atoms with E-state index in [2.05, 4.69) is 12.2 Å².